The molecule has 0 radical (unpaired) electrons. The summed E-state index contributed by atoms with van der Waals surface area (Å²) in [6.45, 7) is 12.6. The first kappa shape index (κ1) is 11.4. The van der Waals surface area contributed by atoms with E-state index in [1.54, 1.807) is 0 Å². The number of nitrogens with zero attached hydrogens (tertiary/aromatic N) is 1. The predicted octanol–water partition coefficient (Wildman–Crippen LogP) is 1.93. The number of likely N-dealkylation sites (N-methyl/N-ethyl adjacent to an activating group) is 1. The lowest BCUT2D eigenvalue weighted by atomic mass is 10.7. The molecule has 2 nitrogen and oxygen atoms in total. The number of hydrogen-bond donors (Lipinski definition) is 1. The van der Waals surface area contributed by atoms with E-state index >= 15 is 0 Å². The first-order valence-electron chi connectivity index (χ1n) is 5.32. The van der Waals surface area contributed by atoms with E-state index in [9.17, 15) is 0 Å². The Hall–Kier alpha value is 0.354. The Morgan fingerprint density at radius 2 is 1.54 bits per heavy atom. The van der Waals surface area contributed by atoms with Gasteiger partial charge in [0.15, 0.2) is 0 Å². The topological polar surface area (TPSA) is 15.3 Å². The van der Waals surface area contributed by atoms with E-state index in [4.69, 9.17) is 0 Å². The minimum atomic E-state index is -0.987. The molecule has 1 saturated heterocycles. The molecule has 0 spiro atoms. The molecule has 4 heteroatoms. The highest BCUT2D eigenvalue weighted by atomic mass is 28.4. The van der Waals surface area contributed by atoms with E-state index in [1.807, 2.05) is 0 Å². The second-order valence-electron chi connectivity index (χ2n) is 5.38. The van der Waals surface area contributed by atoms with Gasteiger partial charge in [0.2, 0.25) is 0 Å². The van der Waals surface area contributed by atoms with Gasteiger partial charge < -0.3 is 9.55 Å². The van der Waals surface area contributed by atoms with Crippen LogP contribution in [0.1, 0.15) is 0 Å². The van der Waals surface area contributed by atoms with E-state index in [2.05, 4.69) is 42.8 Å². The first-order valence-corrected chi connectivity index (χ1v) is 11.6. The Morgan fingerprint density at radius 1 is 1.08 bits per heavy atom. The van der Waals surface area contributed by atoms with Crippen LogP contribution in [0.3, 0.4) is 0 Å². The minimum absolute atomic E-state index is 0.987. The average molecular weight is 216 g/mol. The van der Waals surface area contributed by atoms with Crippen LogP contribution < -0.4 is 5.32 Å². The molecular weight excluding hydrogens is 192 g/mol. The summed E-state index contributed by atoms with van der Waals surface area (Å²) in [7, 11) is 0.0804. The van der Waals surface area contributed by atoms with Gasteiger partial charge in [-0.3, -0.25) is 0 Å². The zero-order chi connectivity index (χ0) is 10.1. The van der Waals surface area contributed by atoms with Crippen molar-refractivity contribution in [3.63, 3.8) is 0 Å². The van der Waals surface area contributed by atoms with Gasteiger partial charge >= 0.3 is 0 Å². The second-order valence-corrected chi connectivity index (χ2v) is 15.2. The summed E-state index contributed by atoms with van der Waals surface area (Å²) in [4.78, 5) is 0. The fourth-order valence-corrected chi connectivity index (χ4v) is 16.6. The van der Waals surface area contributed by atoms with Crippen LogP contribution in [0, 0.1) is 0 Å². The van der Waals surface area contributed by atoms with E-state index in [0.717, 1.165) is 6.54 Å². The zero-order valence-electron chi connectivity index (χ0n) is 9.78. The van der Waals surface area contributed by atoms with E-state index in [1.165, 1.54) is 18.6 Å². The molecule has 0 unspecified atom stereocenters. The van der Waals surface area contributed by atoms with Crippen molar-refractivity contribution in [3.05, 3.63) is 0 Å². The summed E-state index contributed by atoms with van der Waals surface area (Å²) in [6, 6.07) is 3.05. The van der Waals surface area contributed by atoms with Gasteiger partial charge in [-0.2, -0.15) is 0 Å². The highest BCUT2D eigenvalue weighted by Gasteiger charge is 2.46. The number of hydrogen-bond acceptors (Lipinski definition) is 2. The van der Waals surface area contributed by atoms with Gasteiger partial charge in [0.1, 0.15) is 16.5 Å². The van der Waals surface area contributed by atoms with Gasteiger partial charge in [-0.25, -0.2) is 0 Å². The summed E-state index contributed by atoms with van der Waals surface area (Å²) in [5.74, 6) is 0. The molecule has 0 aromatic carbocycles. The molecule has 1 aliphatic rings. The Labute approximate surface area is 84.9 Å². The predicted molar refractivity (Wildman–Crippen MR) is 65.2 cm³/mol. The standard InChI is InChI=1S/C9H24N2Si2/c1-10-6-7-11-12(2,3)8-9-13(11,4)5/h10H,6-9H2,1-5H3. The molecule has 0 saturated carbocycles. The molecule has 0 aliphatic carbocycles. The fraction of sp³-hybridized carbons (Fsp3) is 1.00. The van der Waals surface area contributed by atoms with E-state index < -0.39 is 16.5 Å². The van der Waals surface area contributed by atoms with Gasteiger partial charge in [-0.05, 0) is 25.7 Å². The molecule has 78 valence electrons. The van der Waals surface area contributed by atoms with Crippen LogP contribution in [0.4, 0.5) is 0 Å². The van der Waals surface area contributed by atoms with Crippen LogP contribution in [-0.4, -0.2) is 40.8 Å². The molecule has 1 heterocycles. The van der Waals surface area contributed by atoms with Crippen LogP contribution in [0.5, 0.6) is 0 Å². The maximum absolute atomic E-state index is 3.27. The normalized spacial score (nSPS) is 26.5. The molecule has 0 aromatic heterocycles. The molecule has 0 bridgehead atoms. The van der Waals surface area contributed by atoms with Crippen LogP contribution in [0.25, 0.3) is 0 Å². The smallest absolute Gasteiger partial charge is 0.115 e. The van der Waals surface area contributed by atoms with Crippen molar-refractivity contribution in [2.75, 3.05) is 20.1 Å². The van der Waals surface area contributed by atoms with Gasteiger partial charge in [0, 0.05) is 6.54 Å². The summed E-state index contributed by atoms with van der Waals surface area (Å²) in [6.07, 6.45) is 0. The van der Waals surface area contributed by atoms with Gasteiger partial charge in [0.25, 0.3) is 0 Å². The largest absolute Gasteiger partial charge is 0.344 e. The molecule has 0 aromatic rings. The lowest BCUT2D eigenvalue weighted by Crippen LogP contribution is -2.56. The molecule has 1 rings (SSSR count). The van der Waals surface area contributed by atoms with Crippen LogP contribution >= 0.6 is 0 Å². The van der Waals surface area contributed by atoms with Crippen molar-refractivity contribution in [2.45, 2.75) is 38.3 Å². The maximum atomic E-state index is 3.27. The van der Waals surface area contributed by atoms with Crippen molar-refractivity contribution < 1.29 is 0 Å². The third-order valence-corrected chi connectivity index (χ3v) is 13.8. The molecule has 0 amide bonds. The van der Waals surface area contributed by atoms with Crippen molar-refractivity contribution >= 4 is 16.5 Å². The fourth-order valence-electron chi connectivity index (χ4n) is 2.53. The summed E-state index contributed by atoms with van der Waals surface area (Å²) >= 11 is 0. The van der Waals surface area contributed by atoms with E-state index in [-0.39, 0.29) is 0 Å². The van der Waals surface area contributed by atoms with Crippen molar-refractivity contribution in [1.82, 2.24) is 9.55 Å². The Bertz CT molecular complexity index is 164. The minimum Gasteiger partial charge on any atom is -0.344 e. The Morgan fingerprint density at radius 3 is 1.92 bits per heavy atom. The van der Waals surface area contributed by atoms with Crippen LogP contribution in [-0.2, 0) is 0 Å². The van der Waals surface area contributed by atoms with Gasteiger partial charge in [0.05, 0.1) is 0 Å². The SMILES string of the molecule is CNCCN1[Si](C)(C)CC[Si]1(C)C. The maximum Gasteiger partial charge on any atom is 0.115 e. The molecule has 1 N–H and O–H groups in total. The Kier molecular flexibility index (Phi) is 3.38. The van der Waals surface area contributed by atoms with Crippen molar-refractivity contribution in [1.29, 1.82) is 0 Å². The van der Waals surface area contributed by atoms with Crippen molar-refractivity contribution in [2.24, 2.45) is 0 Å². The summed E-state index contributed by atoms with van der Waals surface area (Å²) in [5.41, 5.74) is 0. The third kappa shape index (κ3) is 2.43. The number of rotatable bonds is 3. The second kappa shape index (κ2) is 3.84. The van der Waals surface area contributed by atoms with Gasteiger partial charge in [-0.15, -0.1) is 0 Å². The van der Waals surface area contributed by atoms with Crippen LogP contribution in [0.2, 0.25) is 38.3 Å². The average Bonchev–Trinajstić information content (AvgIpc) is 2.20. The van der Waals surface area contributed by atoms with Crippen LogP contribution in [0.15, 0.2) is 0 Å². The summed E-state index contributed by atoms with van der Waals surface area (Å²) in [5, 5.41) is 3.27. The Balaban J connectivity index is 2.64. The first-order chi connectivity index (χ1) is 5.90. The molecule has 1 aliphatic heterocycles. The zero-order valence-corrected chi connectivity index (χ0v) is 11.8. The van der Waals surface area contributed by atoms with E-state index in [0.29, 0.717) is 0 Å². The molecule has 0 atom stereocenters. The quantitative estimate of drug-likeness (QED) is 0.725. The number of nitrogens with one attached hydrogen (secondary N) is 1. The summed E-state index contributed by atoms with van der Waals surface area (Å²) < 4.78 is 2.91. The lowest BCUT2D eigenvalue weighted by Gasteiger charge is -2.38. The van der Waals surface area contributed by atoms with Gasteiger partial charge in [-0.1, -0.05) is 26.2 Å². The molecule has 1 fully saturated rings. The monoisotopic (exact) mass is 216 g/mol. The molecular formula is C9H24N2Si2. The van der Waals surface area contributed by atoms with Crippen molar-refractivity contribution in [3.8, 4) is 0 Å². The highest BCUT2D eigenvalue weighted by molar-refractivity contribution is 6.95. The lowest BCUT2D eigenvalue weighted by molar-refractivity contribution is 0.595. The third-order valence-electron chi connectivity index (χ3n) is 3.40. The highest BCUT2D eigenvalue weighted by Crippen LogP contribution is 2.36. The molecule has 13 heavy (non-hydrogen) atoms.